The van der Waals surface area contributed by atoms with Crippen molar-refractivity contribution in [2.24, 2.45) is 0 Å². The summed E-state index contributed by atoms with van der Waals surface area (Å²) in [6.45, 7) is 1.41. The highest BCUT2D eigenvalue weighted by Gasteiger charge is 2.30. The number of hydrogen-bond acceptors (Lipinski definition) is 3. The van der Waals surface area contributed by atoms with Gasteiger partial charge in [-0.25, -0.2) is 4.79 Å². The number of nitrogens with one attached hydrogen (secondary N) is 1. The summed E-state index contributed by atoms with van der Waals surface area (Å²) >= 11 is 1.13. The number of aromatic carboxylic acids is 1. The highest BCUT2D eigenvalue weighted by atomic mass is 32.1. The van der Waals surface area contributed by atoms with Gasteiger partial charge in [-0.15, -0.1) is 11.3 Å². The van der Waals surface area contributed by atoms with Crippen molar-refractivity contribution in [3.63, 3.8) is 0 Å². The summed E-state index contributed by atoms with van der Waals surface area (Å²) in [7, 11) is 0. The van der Waals surface area contributed by atoms with Gasteiger partial charge in [0.15, 0.2) is 0 Å². The molecule has 15 heavy (non-hydrogen) atoms. The van der Waals surface area contributed by atoms with Crippen molar-refractivity contribution in [3.05, 3.63) is 16.5 Å². The standard InChI is InChI=1S/C10H11NO3S/c1-5(12)11-8-4-7(6-2-3-6)9(15-8)10(13)14/h4,6H,2-3H2,1H3,(H,11,12)(H,13,14). The molecule has 1 saturated carbocycles. The quantitative estimate of drug-likeness (QED) is 0.829. The van der Waals surface area contributed by atoms with Crippen LogP contribution in [0.3, 0.4) is 0 Å². The van der Waals surface area contributed by atoms with Crippen LogP contribution in [0.25, 0.3) is 0 Å². The average molecular weight is 225 g/mol. The Morgan fingerprint density at radius 1 is 1.53 bits per heavy atom. The molecule has 1 aromatic heterocycles. The lowest BCUT2D eigenvalue weighted by Gasteiger charge is -1.93. The zero-order valence-electron chi connectivity index (χ0n) is 8.24. The second-order valence-electron chi connectivity index (χ2n) is 3.66. The largest absolute Gasteiger partial charge is 0.477 e. The molecule has 0 saturated heterocycles. The third kappa shape index (κ3) is 2.18. The maximum atomic E-state index is 11.0. The van der Waals surface area contributed by atoms with Gasteiger partial charge in [-0.3, -0.25) is 4.79 Å². The maximum Gasteiger partial charge on any atom is 0.346 e. The molecular weight excluding hydrogens is 214 g/mol. The van der Waals surface area contributed by atoms with Crippen LogP contribution < -0.4 is 5.32 Å². The molecule has 0 unspecified atom stereocenters. The van der Waals surface area contributed by atoms with Crippen molar-refractivity contribution in [3.8, 4) is 0 Å². The molecule has 1 heterocycles. The third-order valence-corrected chi connectivity index (χ3v) is 3.33. The number of anilines is 1. The fraction of sp³-hybridized carbons (Fsp3) is 0.400. The number of carbonyl (C=O) groups excluding carboxylic acids is 1. The molecule has 1 aliphatic rings. The number of rotatable bonds is 3. The van der Waals surface area contributed by atoms with Crippen LogP contribution in [-0.4, -0.2) is 17.0 Å². The zero-order chi connectivity index (χ0) is 11.0. The van der Waals surface area contributed by atoms with Gasteiger partial charge in [-0.1, -0.05) is 0 Å². The van der Waals surface area contributed by atoms with Crippen LogP contribution >= 0.6 is 11.3 Å². The fourth-order valence-corrected chi connectivity index (χ4v) is 2.54. The number of carbonyl (C=O) groups is 2. The second-order valence-corrected chi connectivity index (χ2v) is 4.71. The van der Waals surface area contributed by atoms with Crippen molar-refractivity contribution in [1.82, 2.24) is 0 Å². The fourth-order valence-electron chi connectivity index (χ4n) is 1.50. The van der Waals surface area contributed by atoms with Gasteiger partial charge in [-0.2, -0.15) is 0 Å². The first kappa shape index (κ1) is 10.2. The molecule has 2 rings (SSSR count). The molecule has 80 valence electrons. The minimum absolute atomic E-state index is 0.171. The Bertz CT molecular complexity index is 420. The first-order chi connectivity index (χ1) is 7.08. The molecule has 0 aliphatic heterocycles. The number of hydrogen-bond donors (Lipinski definition) is 2. The Hall–Kier alpha value is -1.36. The molecule has 0 atom stereocenters. The molecule has 0 radical (unpaired) electrons. The number of thiophene rings is 1. The predicted molar refractivity (Wildman–Crippen MR) is 57.6 cm³/mol. The average Bonchev–Trinajstić information content (AvgIpc) is 2.87. The molecule has 0 spiro atoms. The van der Waals surface area contributed by atoms with Gasteiger partial charge < -0.3 is 10.4 Å². The van der Waals surface area contributed by atoms with E-state index in [4.69, 9.17) is 5.11 Å². The summed E-state index contributed by atoms with van der Waals surface area (Å²) in [6, 6.07) is 1.78. The molecule has 0 bridgehead atoms. The lowest BCUT2D eigenvalue weighted by atomic mass is 10.1. The van der Waals surface area contributed by atoms with E-state index in [0.29, 0.717) is 15.8 Å². The van der Waals surface area contributed by atoms with Gasteiger partial charge in [0.25, 0.3) is 0 Å². The molecule has 1 amide bonds. The van der Waals surface area contributed by atoms with Gasteiger partial charge in [0.1, 0.15) is 4.88 Å². The van der Waals surface area contributed by atoms with E-state index in [2.05, 4.69) is 5.32 Å². The van der Waals surface area contributed by atoms with E-state index in [1.807, 2.05) is 0 Å². The highest BCUT2D eigenvalue weighted by Crippen LogP contribution is 2.45. The Morgan fingerprint density at radius 2 is 2.20 bits per heavy atom. The van der Waals surface area contributed by atoms with Crippen molar-refractivity contribution in [1.29, 1.82) is 0 Å². The van der Waals surface area contributed by atoms with Crippen LogP contribution in [-0.2, 0) is 4.79 Å². The molecule has 2 N–H and O–H groups in total. The molecular formula is C10H11NO3S. The van der Waals surface area contributed by atoms with Crippen molar-refractivity contribution >= 4 is 28.2 Å². The SMILES string of the molecule is CC(=O)Nc1cc(C2CC2)c(C(=O)O)s1. The summed E-state index contributed by atoms with van der Waals surface area (Å²) in [5, 5.41) is 12.2. The summed E-state index contributed by atoms with van der Waals surface area (Å²) in [5.41, 5.74) is 0.872. The topological polar surface area (TPSA) is 66.4 Å². The Kier molecular flexibility index (Phi) is 2.48. The first-order valence-corrected chi connectivity index (χ1v) is 5.54. The van der Waals surface area contributed by atoms with Crippen LogP contribution in [0.2, 0.25) is 0 Å². The predicted octanol–water partition coefficient (Wildman–Crippen LogP) is 2.28. The van der Waals surface area contributed by atoms with E-state index in [1.165, 1.54) is 6.92 Å². The Balaban J connectivity index is 2.31. The van der Waals surface area contributed by atoms with Gasteiger partial charge in [0.2, 0.25) is 5.91 Å². The Labute approximate surface area is 90.9 Å². The van der Waals surface area contributed by atoms with E-state index >= 15 is 0 Å². The van der Waals surface area contributed by atoms with E-state index in [1.54, 1.807) is 6.07 Å². The van der Waals surface area contributed by atoms with Crippen LogP contribution in [0.1, 0.15) is 40.9 Å². The molecule has 0 aromatic carbocycles. The van der Waals surface area contributed by atoms with Gasteiger partial charge in [0.05, 0.1) is 5.00 Å². The molecule has 4 nitrogen and oxygen atoms in total. The van der Waals surface area contributed by atoms with Crippen molar-refractivity contribution < 1.29 is 14.7 Å². The second kappa shape index (κ2) is 3.66. The lowest BCUT2D eigenvalue weighted by molar-refractivity contribution is -0.114. The minimum Gasteiger partial charge on any atom is -0.477 e. The van der Waals surface area contributed by atoms with E-state index in [9.17, 15) is 9.59 Å². The maximum absolute atomic E-state index is 11.0. The van der Waals surface area contributed by atoms with Gasteiger partial charge in [-0.05, 0) is 30.4 Å². The minimum atomic E-state index is -0.904. The van der Waals surface area contributed by atoms with Gasteiger partial charge >= 0.3 is 5.97 Å². The molecule has 1 fully saturated rings. The van der Waals surface area contributed by atoms with Crippen LogP contribution in [0, 0.1) is 0 Å². The zero-order valence-corrected chi connectivity index (χ0v) is 9.06. The summed E-state index contributed by atoms with van der Waals surface area (Å²) in [5.74, 6) is -0.691. The van der Waals surface area contributed by atoms with Crippen LogP contribution in [0.4, 0.5) is 5.00 Å². The number of amides is 1. The number of carboxylic acid groups (broad SMARTS) is 1. The lowest BCUT2D eigenvalue weighted by Crippen LogP contribution is -2.03. The smallest absolute Gasteiger partial charge is 0.346 e. The van der Waals surface area contributed by atoms with Crippen molar-refractivity contribution in [2.75, 3.05) is 5.32 Å². The molecule has 1 aromatic rings. The van der Waals surface area contributed by atoms with Crippen LogP contribution in [0.15, 0.2) is 6.07 Å². The first-order valence-electron chi connectivity index (χ1n) is 4.72. The third-order valence-electron chi connectivity index (χ3n) is 2.27. The van der Waals surface area contributed by atoms with Gasteiger partial charge in [0, 0.05) is 6.92 Å². The van der Waals surface area contributed by atoms with Crippen LogP contribution in [0.5, 0.6) is 0 Å². The normalized spacial score (nSPS) is 15.0. The highest BCUT2D eigenvalue weighted by molar-refractivity contribution is 7.18. The number of carboxylic acids is 1. The van der Waals surface area contributed by atoms with Crippen molar-refractivity contribution in [2.45, 2.75) is 25.7 Å². The van der Waals surface area contributed by atoms with E-state index < -0.39 is 5.97 Å². The Morgan fingerprint density at radius 3 is 2.67 bits per heavy atom. The van der Waals surface area contributed by atoms with E-state index in [0.717, 1.165) is 29.7 Å². The molecule has 5 heteroatoms. The summed E-state index contributed by atoms with van der Waals surface area (Å²) in [6.07, 6.45) is 2.10. The summed E-state index contributed by atoms with van der Waals surface area (Å²) < 4.78 is 0. The summed E-state index contributed by atoms with van der Waals surface area (Å²) in [4.78, 5) is 22.2. The van der Waals surface area contributed by atoms with E-state index in [-0.39, 0.29) is 5.91 Å². The monoisotopic (exact) mass is 225 g/mol. The molecule has 1 aliphatic carbocycles.